The Bertz CT molecular complexity index is 977. The normalized spacial score (nSPS) is 14.3. The molecule has 1 aromatic carbocycles. The van der Waals surface area contributed by atoms with Crippen molar-refractivity contribution >= 4 is 22.7 Å². The number of rotatable bonds is 4. The third-order valence-electron chi connectivity index (χ3n) is 4.37. The number of aryl methyl sites for hydroxylation is 1. The number of hydrogen-bond donors (Lipinski definition) is 2. The van der Waals surface area contributed by atoms with Crippen LogP contribution in [-0.2, 0) is 6.54 Å². The van der Waals surface area contributed by atoms with E-state index >= 15 is 0 Å². The van der Waals surface area contributed by atoms with Gasteiger partial charge in [-0.15, -0.1) is 11.3 Å². The van der Waals surface area contributed by atoms with Crippen molar-refractivity contribution in [2.24, 2.45) is 0 Å². The molecule has 0 unspecified atom stereocenters. The van der Waals surface area contributed by atoms with E-state index in [1.54, 1.807) is 12.4 Å². The first-order chi connectivity index (χ1) is 12.6. The minimum absolute atomic E-state index is 0.203. The average Bonchev–Trinajstić information content (AvgIpc) is 3.22. The van der Waals surface area contributed by atoms with Crippen molar-refractivity contribution in [2.75, 3.05) is 6.54 Å². The number of thiazole rings is 1. The summed E-state index contributed by atoms with van der Waals surface area (Å²) < 4.78 is 0. The zero-order valence-corrected chi connectivity index (χ0v) is 15.1. The van der Waals surface area contributed by atoms with Crippen LogP contribution in [-0.4, -0.2) is 32.4 Å². The molecule has 3 heterocycles. The fourth-order valence-electron chi connectivity index (χ4n) is 2.95. The molecule has 0 radical (unpaired) electrons. The molecule has 0 aliphatic carbocycles. The molecule has 2 aromatic heterocycles. The zero-order valence-electron chi connectivity index (χ0n) is 14.3. The number of nitrogens with zero attached hydrogens (tertiary/aromatic N) is 3. The van der Waals surface area contributed by atoms with Gasteiger partial charge in [-0.05, 0) is 24.6 Å². The van der Waals surface area contributed by atoms with E-state index < -0.39 is 0 Å². The van der Waals surface area contributed by atoms with Crippen molar-refractivity contribution < 1.29 is 5.11 Å². The highest BCUT2D eigenvalue weighted by molar-refractivity contribution is 7.11. The minimum atomic E-state index is 0.203. The Morgan fingerprint density at radius 1 is 1.15 bits per heavy atom. The highest BCUT2D eigenvalue weighted by atomic mass is 32.1. The van der Waals surface area contributed by atoms with Crippen LogP contribution in [0.1, 0.15) is 16.1 Å². The largest absolute Gasteiger partial charge is 0.510 e. The van der Waals surface area contributed by atoms with E-state index in [0.29, 0.717) is 29.5 Å². The first kappa shape index (κ1) is 16.5. The van der Waals surface area contributed by atoms with Crippen LogP contribution in [0.4, 0.5) is 0 Å². The van der Waals surface area contributed by atoms with Crippen LogP contribution in [0.2, 0.25) is 0 Å². The molecule has 0 saturated heterocycles. The average molecular weight is 362 g/mol. The van der Waals surface area contributed by atoms with Crippen molar-refractivity contribution in [1.29, 1.82) is 5.41 Å². The highest BCUT2D eigenvalue weighted by Gasteiger charge is 2.30. The lowest BCUT2D eigenvalue weighted by atomic mass is 10.1. The summed E-state index contributed by atoms with van der Waals surface area (Å²) in [6.07, 6.45) is 3.47. The first-order valence-electron chi connectivity index (χ1n) is 8.29. The maximum Gasteiger partial charge on any atom is 0.135 e. The monoisotopic (exact) mass is 362 g/mol. The van der Waals surface area contributed by atoms with E-state index in [4.69, 9.17) is 5.41 Å². The summed E-state index contributed by atoms with van der Waals surface area (Å²) in [4.78, 5) is 10.5. The molecule has 1 aliphatic rings. The van der Waals surface area contributed by atoms with Crippen molar-refractivity contribution in [2.45, 2.75) is 13.5 Å². The van der Waals surface area contributed by atoms with Gasteiger partial charge in [-0.1, -0.05) is 29.8 Å². The maximum atomic E-state index is 10.4. The fourth-order valence-corrected chi connectivity index (χ4v) is 3.84. The summed E-state index contributed by atoms with van der Waals surface area (Å²) in [6.45, 7) is 2.94. The second-order valence-electron chi connectivity index (χ2n) is 6.29. The standard InChI is InChI=1S/C20H18N4OS/c1-13-2-4-15(5-3-13)16-12-26-20(23-16)18-17(25)11-24(19(18)21)10-14-6-8-22-9-7-14/h2-9,12,21,25H,10-11H2,1H3. The Morgan fingerprint density at radius 3 is 2.62 bits per heavy atom. The van der Waals surface area contributed by atoms with Crippen LogP contribution in [0.15, 0.2) is 59.9 Å². The number of aromatic nitrogens is 2. The molecule has 1 aliphatic heterocycles. The summed E-state index contributed by atoms with van der Waals surface area (Å²) >= 11 is 1.46. The van der Waals surface area contributed by atoms with Gasteiger partial charge < -0.3 is 10.0 Å². The molecule has 0 spiro atoms. The molecule has 2 N–H and O–H groups in total. The van der Waals surface area contributed by atoms with Gasteiger partial charge in [0.15, 0.2) is 0 Å². The Kier molecular flexibility index (Phi) is 4.26. The van der Waals surface area contributed by atoms with Crippen molar-refractivity contribution in [3.63, 3.8) is 0 Å². The molecule has 0 atom stereocenters. The lowest BCUT2D eigenvalue weighted by Crippen LogP contribution is -2.26. The van der Waals surface area contributed by atoms with Gasteiger partial charge in [0, 0.05) is 29.9 Å². The van der Waals surface area contributed by atoms with Gasteiger partial charge in [-0.25, -0.2) is 4.98 Å². The van der Waals surface area contributed by atoms with Gasteiger partial charge in [0.25, 0.3) is 0 Å². The number of aliphatic hydroxyl groups is 1. The van der Waals surface area contributed by atoms with Gasteiger partial charge in [0.05, 0.1) is 17.8 Å². The summed E-state index contributed by atoms with van der Waals surface area (Å²) in [6, 6.07) is 12.0. The maximum absolute atomic E-state index is 10.4. The number of aliphatic hydroxyl groups excluding tert-OH is 1. The first-order valence-corrected chi connectivity index (χ1v) is 9.17. The highest BCUT2D eigenvalue weighted by Crippen LogP contribution is 2.32. The lowest BCUT2D eigenvalue weighted by Gasteiger charge is -2.18. The minimum Gasteiger partial charge on any atom is -0.510 e. The molecular weight excluding hydrogens is 344 g/mol. The van der Waals surface area contributed by atoms with Gasteiger partial charge in [-0.3, -0.25) is 10.4 Å². The molecule has 0 fully saturated rings. The molecule has 0 amide bonds. The number of benzene rings is 1. The molecule has 3 aromatic rings. The van der Waals surface area contributed by atoms with Crippen LogP contribution < -0.4 is 0 Å². The Morgan fingerprint density at radius 2 is 1.88 bits per heavy atom. The Balaban J connectivity index is 1.57. The molecule has 0 saturated carbocycles. The molecule has 0 bridgehead atoms. The second kappa shape index (κ2) is 6.72. The van der Waals surface area contributed by atoms with Crippen LogP contribution in [0.5, 0.6) is 0 Å². The second-order valence-corrected chi connectivity index (χ2v) is 7.14. The van der Waals surface area contributed by atoms with Gasteiger partial charge in [0.1, 0.15) is 16.6 Å². The van der Waals surface area contributed by atoms with Crippen molar-refractivity contribution in [3.8, 4) is 11.3 Å². The van der Waals surface area contributed by atoms with Gasteiger partial charge >= 0.3 is 0 Å². The molecule has 130 valence electrons. The summed E-state index contributed by atoms with van der Waals surface area (Å²) in [5.41, 5.74) is 4.69. The summed E-state index contributed by atoms with van der Waals surface area (Å²) in [7, 11) is 0. The van der Waals surface area contributed by atoms with Gasteiger partial charge in [0.2, 0.25) is 0 Å². The molecule has 26 heavy (non-hydrogen) atoms. The van der Waals surface area contributed by atoms with E-state index in [1.165, 1.54) is 16.9 Å². The Labute approximate surface area is 155 Å². The smallest absolute Gasteiger partial charge is 0.135 e. The van der Waals surface area contributed by atoms with E-state index in [2.05, 4.69) is 29.0 Å². The quantitative estimate of drug-likeness (QED) is 0.727. The van der Waals surface area contributed by atoms with Crippen LogP contribution in [0, 0.1) is 12.3 Å². The van der Waals surface area contributed by atoms with Gasteiger partial charge in [-0.2, -0.15) is 0 Å². The third kappa shape index (κ3) is 3.11. The zero-order chi connectivity index (χ0) is 18.1. The molecule has 4 rings (SSSR count). The van der Waals surface area contributed by atoms with E-state index in [1.807, 2.05) is 34.5 Å². The predicted molar refractivity (Wildman–Crippen MR) is 104 cm³/mol. The van der Waals surface area contributed by atoms with E-state index in [-0.39, 0.29) is 5.76 Å². The third-order valence-corrected chi connectivity index (χ3v) is 5.23. The summed E-state index contributed by atoms with van der Waals surface area (Å²) in [5.74, 6) is 0.512. The molecule has 6 heteroatoms. The summed E-state index contributed by atoms with van der Waals surface area (Å²) in [5, 5.41) is 21.6. The van der Waals surface area contributed by atoms with E-state index in [0.717, 1.165) is 16.8 Å². The number of amidine groups is 1. The number of nitrogens with one attached hydrogen (secondary N) is 1. The number of pyridine rings is 1. The number of hydrogen-bond acceptors (Lipinski definition) is 5. The van der Waals surface area contributed by atoms with Crippen LogP contribution >= 0.6 is 11.3 Å². The Hall–Kier alpha value is -2.99. The van der Waals surface area contributed by atoms with Crippen LogP contribution in [0.25, 0.3) is 16.8 Å². The SMILES string of the molecule is Cc1ccc(-c2csc(C3=C(O)CN(Cc4ccncc4)C3=N)n2)cc1. The predicted octanol–water partition coefficient (Wildman–Crippen LogP) is 4.28. The van der Waals surface area contributed by atoms with Crippen molar-refractivity contribution in [1.82, 2.24) is 14.9 Å². The fraction of sp³-hybridized carbons (Fsp3) is 0.150. The molecule has 5 nitrogen and oxygen atoms in total. The molecular formula is C20H18N4OS. The topological polar surface area (TPSA) is 73.1 Å². The van der Waals surface area contributed by atoms with Crippen molar-refractivity contribution in [3.05, 3.63) is 76.1 Å². The van der Waals surface area contributed by atoms with E-state index in [9.17, 15) is 5.11 Å². The van der Waals surface area contributed by atoms with Crippen LogP contribution in [0.3, 0.4) is 0 Å². The lowest BCUT2D eigenvalue weighted by molar-refractivity contribution is 0.347.